The molecule has 0 amide bonds. The van der Waals surface area contributed by atoms with Crippen LogP contribution >= 0.6 is 0 Å². The molecule has 2 unspecified atom stereocenters. The molecule has 20 heavy (non-hydrogen) atoms. The molecule has 1 fully saturated rings. The van der Waals surface area contributed by atoms with Crippen molar-refractivity contribution >= 4 is 5.69 Å². The van der Waals surface area contributed by atoms with Crippen molar-refractivity contribution in [1.29, 1.82) is 0 Å². The Labute approximate surface area is 121 Å². The van der Waals surface area contributed by atoms with Gasteiger partial charge in [-0.15, -0.1) is 0 Å². The van der Waals surface area contributed by atoms with E-state index in [4.69, 9.17) is 4.74 Å². The normalized spacial score (nSPS) is 23.2. The lowest BCUT2D eigenvalue weighted by Gasteiger charge is -2.44. The van der Waals surface area contributed by atoms with Crippen LogP contribution in [0.3, 0.4) is 0 Å². The van der Waals surface area contributed by atoms with E-state index in [1.165, 1.54) is 6.07 Å². The fraction of sp³-hybridized carbons (Fsp3) is 0.625. The zero-order chi connectivity index (χ0) is 14.7. The highest BCUT2D eigenvalue weighted by Crippen LogP contribution is 2.30. The van der Waals surface area contributed by atoms with Gasteiger partial charge in [-0.3, -0.25) is 0 Å². The minimum Gasteiger partial charge on any atom is -0.497 e. The van der Waals surface area contributed by atoms with Crippen molar-refractivity contribution in [3.63, 3.8) is 0 Å². The van der Waals surface area contributed by atoms with Crippen LogP contribution < -0.4 is 15.0 Å². The smallest absolute Gasteiger partial charge is 0.146 e. The molecule has 0 saturated carbocycles. The van der Waals surface area contributed by atoms with E-state index < -0.39 is 0 Å². The summed E-state index contributed by atoms with van der Waals surface area (Å²) < 4.78 is 19.5. The molecule has 0 spiro atoms. The average molecular weight is 280 g/mol. The van der Waals surface area contributed by atoms with Crippen LogP contribution in [0.15, 0.2) is 18.2 Å². The monoisotopic (exact) mass is 280 g/mol. The summed E-state index contributed by atoms with van der Waals surface area (Å²) in [5.74, 6) is 0.995. The second kappa shape index (κ2) is 6.44. The Morgan fingerprint density at radius 1 is 1.45 bits per heavy atom. The van der Waals surface area contributed by atoms with E-state index in [1.807, 2.05) is 6.07 Å². The fourth-order valence-corrected chi connectivity index (χ4v) is 2.82. The minimum absolute atomic E-state index is 0.173. The first-order valence-electron chi connectivity index (χ1n) is 7.40. The lowest BCUT2D eigenvalue weighted by atomic mass is 9.96. The fourth-order valence-electron chi connectivity index (χ4n) is 2.82. The summed E-state index contributed by atoms with van der Waals surface area (Å²) >= 11 is 0. The zero-order valence-electron chi connectivity index (χ0n) is 12.8. The molecule has 0 bridgehead atoms. The Kier molecular flexibility index (Phi) is 4.86. The van der Waals surface area contributed by atoms with Crippen LogP contribution in [0.4, 0.5) is 10.1 Å². The van der Waals surface area contributed by atoms with Gasteiger partial charge in [0, 0.05) is 31.2 Å². The van der Waals surface area contributed by atoms with Crippen LogP contribution in [0.1, 0.15) is 27.2 Å². The second-order valence-corrected chi connectivity index (χ2v) is 5.79. The van der Waals surface area contributed by atoms with Gasteiger partial charge in [0.05, 0.1) is 12.8 Å². The second-order valence-electron chi connectivity index (χ2n) is 5.79. The summed E-state index contributed by atoms with van der Waals surface area (Å²) in [7, 11) is 1.61. The number of piperazine rings is 1. The SMILES string of the molecule is CCC1CN(c2cc(OC)ccc2F)C(C(C)C)CN1. The van der Waals surface area contributed by atoms with Crippen molar-refractivity contribution in [3.05, 3.63) is 24.0 Å². The Hall–Kier alpha value is -1.29. The summed E-state index contributed by atoms with van der Waals surface area (Å²) in [6, 6.07) is 5.69. The summed E-state index contributed by atoms with van der Waals surface area (Å²) in [6.07, 6.45) is 1.05. The van der Waals surface area contributed by atoms with Crippen LogP contribution in [-0.4, -0.2) is 32.3 Å². The first kappa shape index (κ1) is 15.1. The van der Waals surface area contributed by atoms with Gasteiger partial charge in [0.15, 0.2) is 0 Å². The highest BCUT2D eigenvalue weighted by Gasteiger charge is 2.30. The number of ether oxygens (including phenoxy) is 1. The summed E-state index contributed by atoms with van der Waals surface area (Å²) in [5, 5.41) is 3.55. The van der Waals surface area contributed by atoms with Crippen LogP contribution in [0.5, 0.6) is 5.75 Å². The Balaban J connectivity index is 2.34. The van der Waals surface area contributed by atoms with Crippen molar-refractivity contribution in [2.24, 2.45) is 5.92 Å². The van der Waals surface area contributed by atoms with Crippen LogP contribution in [0, 0.1) is 11.7 Å². The first-order chi connectivity index (χ1) is 9.56. The number of hydrogen-bond acceptors (Lipinski definition) is 3. The van der Waals surface area contributed by atoms with E-state index in [9.17, 15) is 4.39 Å². The largest absolute Gasteiger partial charge is 0.497 e. The topological polar surface area (TPSA) is 24.5 Å². The highest BCUT2D eigenvalue weighted by atomic mass is 19.1. The van der Waals surface area contributed by atoms with Gasteiger partial charge in [-0.1, -0.05) is 20.8 Å². The van der Waals surface area contributed by atoms with E-state index in [-0.39, 0.29) is 5.82 Å². The number of benzene rings is 1. The van der Waals surface area contributed by atoms with Crippen molar-refractivity contribution in [2.75, 3.05) is 25.1 Å². The van der Waals surface area contributed by atoms with Gasteiger partial charge in [-0.05, 0) is 24.5 Å². The Morgan fingerprint density at radius 3 is 2.80 bits per heavy atom. The number of anilines is 1. The third-order valence-electron chi connectivity index (χ3n) is 4.16. The molecule has 0 aliphatic carbocycles. The molecule has 2 atom stereocenters. The summed E-state index contributed by atoms with van der Waals surface area (Å²) in [5.41, 5.74) is 0.656. The quantitative estimate of drug-likeness (QED) is 0.917. The van der Waals surface area contributed by atoms with Gasteiger partial charge in [-0.25, -0.2) is 4.39 Å². The van der Waals surface area contributed by atoms with E-state index in [0.29, 0.717) is 29.4 Å². The number of rotatable bonds is 4. The third-order valence-corrected chi connectivity index (χ3v) is 4.16. The Bertz CT molecular complexity index is 450. The summed E-state index contributed by atoms with van der Waals surface area (Å²) in [6.45, 7) is 8.26. The molecule has 112 valence electrons. The standard InChI is InChI=1S/C16H25FN2O/c1-5-12-10-19(16(9-18-12)11(2)3)15-8-13(20-4)6-7-14(15)17/h6-8,11-12,16,18H,5,9-10H2,1-4H3. The van der Waals surface area contributed by atoms with Crippen molar-refractivity contribution in [3.8, 4) is 5.75 Å². The van der Waals surface area contributed by atoms with Crippen molar-refractivity contribution in [1.82, 2.24) is 5.32 Å². The average Bonchev–Trinajstić information content (AvgIpc) is 2.47. The molecular formula is C16H25FN2O. The van der Waals surface area contributed by atoms with Crippen molar-refractivity contribution < 1.29 is 9.13 Å². The molecule has 0 aromatic heterocycles. The number of nitrogens with one attached hydrogen (secondary N) is 1. The lowest BCUT2D eigenvalue weighted by molar-refractivity contribution is 0.330. The maximum atomic E-state index is 14.2. The van der Waals surface area contributed by atoms with Gasteiger partial charge >= 0.3 is 0 Å². The van der Waals surface area contributed by atoms with E-state index in [1.54, 1.807) is 13.2 Å². The first-order valence-corrected chi connectivity index (χ1v) is 7.40. The maximum absolute atomic E-state index is 14.2. The summed E-state index contributed by atoms with van der Waals surface area (Å²) in [4.78, 5) is 2.20. The molecule has 1 saturated heterocycles. The molecule has 4 heteroatoms. The van der Waals surface area contributed by atoms with Crippen LogP contribution in [0.2, 0.25) is 0 Å². The number of methoxy groups -OCH3 is 1. The number of hydrogen-bond donors (Lipinski definition) is 1. The molecule has 1 aliphatic heterocycles. The van der Waals surface area contributed by atoms with Crippen LogP contribution in [0.25, 0.3) is 0 Å². The molecule has 2 rings (SSSR count). The van der Waals surface area contributed by atoms with Gasteiger partial charge in [0.25, 0.3) is 0 Å². The molecule has 0 radical (unpaired) electrons. The lowest BCUT2D eigenvalue weighted by Crippen LogP contribution is -2.58. The highest BCUT2D eigenvalue weighted by molar-refractivity contribution is 5.53. The van der Waals surface area contributed by atoms with Gasteiger partial charge in [0.2, 0.25) is 0 Å². The molecule has 3 nitrogen and oxygen atoms in total. The molecule has 1 aromatic rings. The number of nitrogens with zero attached hydrogens (tertiary/aromatic N) is 1. The molecule has 1 N–H and O–H groups in total. The van der Waals surface area contributed by atoms with E-state index in [2.05, 4.69) is 31.0 Å². The van der Waals surface area contributed by atoms with E-state index in [0.717, 1.165) is 19.5 Å². The molecular weight excluding hydrogens is 255 g/mol. The minimum atomic E-state index is -0.173. The zero-order valence-corrected chi connectivity index (χ0v) is 12.8. The van der Waals surface area contributed by atoms with Crippen molar-refractivity contribution in [2.45, 2.75) is 39.3 Å². The maximum Gasteiger partial charge on any atom is 0.146 e. The predicted octanol–water partition coefficient (Wildman–Crippen LogP) is 3.05. The third kappa shape index (κ3) is 3.06. The molecule has 1 aromatic carbocycles. The van der Waals surface area contributed by atoms with Gasteiger partial charge in [-0.2, -0.15) is 0 Å². The van der Waals surface area contributed by atoms with Crippen LogP contribution in [-0.2, 0) is 0 Å². The number of halogens is 1. The van der Waals surface area contributed by atoms with Gasteiger partial charge in [0.1, 0.15) is 11.6 Å². The Morgan fingerprint density at radius 2 is 2.20 bits per heavy atom. The predicted molar refractivity (Wildman–Crippen MR) is 81.0 cm³/mol. The molecule has 1 heterocycles. The van der Waals surface area contributed by atoms with Gasteiger partial charge < -0.3 is 15.0 Å². The molecule has 1 aliphatic rings. The van der Waals surface area contributed by atoms with E-state index >= 15 is 0 Å².